The van der Waals surface area contributed by atoms with Crippen LogP contribution < -0.4 is 20.1 Å². The van der Waals surface area contributed by atoms with Crippen molar-refractivity contribution in [3.63, 3.8) is 0 Å². The van der Waals surface area contributed by atoms with Gasteiger partial charge in [-0.1, -0.05) is 42.4 Å². The highest BCUT2D eigenvalue weighted by Gasteiger charge is 2.20. The Morgan fingerprint density at radius 3 is 2.89 bits per heavy atom. The van der Waals surface area contributed by atoms with Gasteiger partial charge in [-0.3, -0.25) is 4.79 Å². The molecule has 2 aromatic rings. The van der Waals surface area contributed by atoms with E-state index in [1.54, 1.807) is 18.2 Å². The van der Waals surface area contributed by atoms with Gasteiger partial charge in [-0.15, -0.1) is 10.2 Å². The Bertz CT molecular complexity index is 808. The zero-order valence-corrected chi connectivity index (χ0v) is 16.7. The summed E-state index contributed by atoms with van der Waals surface area (Å²) in [6.45, 7) is 2.08. The molecule has 1 aliphatic carbocycles. The molecule has 9 heteroatoms. The number of nitrogens with one attached hydrogen (secondary N) is 2. The van der Waals surface area contributed by atoms with Gasteiger partial charge in [0.15, 0.2) is 15.8 Å². The molecule has 2 heterocycles. The van der Waals surface area contributed by atoms with E-state index >= 15 is 0 Å². The highest BCUT2D eigenvalue weighted by Crippen LogP contribution is 2.35. The summed E-state index contributed by atoms with van der Waals surface area (Å²) < 4.78 is 11.4. The number of thioether (sulfide) groups is 1. The number of carbonyl (C=O) groups excluding carboxylic acids is 1. The fourth-order valence-corrected chi connectivity index (χ4v) is 5.13. The van der Waals surface area contributed by atoms with Crippen LogP contribution in [0.25, 0.3) is 0 Å². The number of hydrogen-bond donors (Lipinski definition) is 2. The molecule has 144 valence electrons. The van der Waals surface area contributed by atoms with Crippen molar-refractivity contribution >= 4 is 39.8 Å². The van der Waals surface area contributed by atoms with Gasteiger partial charge in [0.1, 0.15) is 0 Å². The van der Waals surface area contributed by atoms with E-state index in [1.807, 2.05) is 6.92 Å². The Hall–Kier alpha value is -2.00. The predicted octanol–water partition coefficient (Wildman–Crippen LogP) is 4.13. The van der Waals surface area contributed by atoms with Crippen molar-refractivity contribution in [2.24, 2.45) is 0 Å². The third-order valence-electron chi connectivity index (χ3n) is 4.63. The van der Waals surface area contributed by atoms with Crippen LogP contribution in [0.4, 0.5) is 10.8 Å². The molecule has 1 fully saturated rings. The summed E-state index contributed by atoms with van der Waals surface area (Å²) in [6, 6.07) is 5.87. The Labute approximate surface area is 166 Å². The standard InChI is InChI=1S/C18H22N4O3S2/c1-11(16(23)19-13-7-8-14-15(9-13)25-10-24-14)26-18-22-21-17(27-18)20-12-5-3-2-4-6-12/h7-9,11-12H,2-6,10H2,1H3,(H,19,23)(H,20,21). The van der Waals surface area contributed by atoms with E-state index in [2.05, 4.69) is 20.8 Å². The second-order valence-electron chi connectivity index (χ2n) is 6.67. The quantitative estimate of drug-likeness (QED) is 0.698. The van der Waals surface area contributed by atoms with Crippen LogP contribution in [-0.2, 0) is 4.79 Å². The maximum absolute atomic E-state index is 12.5. The lowest BCUT2D eigenvalue weighted by Gasteiger charge is -2.21. The molecule has 1 amide bonds. The number of ether oxygens (including phenoxy) is 2. The second kappa shape index (κ2) is 8.35. The number of amides is 1. The summed E-state index contributed by atoms with van der Waals surface area (Å²) in [6.07, 6.45) is 6.25. The van der Waals surface area contributed by atoms with Crippen LogP contribution in [-0.4, -0.2) is 34.2 Å². The van der Waals surface area contributed by atoms with Crippen molar-refractivity contribution in [3.8, 4) is 11.5 Å². The maximum atomic E-state index is 12.5. The first-order chi connectivity index (χ1) is 13.2. The minimum absolute atomic E-state index is 0.0872. The average molecular weight is 407 g/mol. The van der Waals surface area contributed by atoms with Gasteiger partial charge in [-0.2, -0.15) is 0 Å². The van der Waals surface area contributed by atoms with Crippen LogP contribution in [0.2, 0.25) is 0 Å². The Morgan fingerprint density at radius 1 is 1.22 bits per heavy atom. The van der Waals surface area contributed by atoms with Gasteiger partial charge in [-0.05, 0) is 31.9 Å². The minimum Gasteiger partial charge on any atom is -0.454 e. The van der Waals surface area contributed by atoms with E-state index in [4.69, 9.17) is 9.47 Å². The lowest BCUT2D eigenvalue weighted by molar-refractivity contribution is -0.115. The number of hydrogen-bond acceptors (Lipinski definition) is 8. The van der Waals surface area contributed by atoms with Crippen molar-refractivity contribution in [1.29, 1.82) is 0 Å². The Kier molecular flexibility index (Phi) is 5.68. The van der Waals surface area contributed by atoms with Crippen molar-refractivity contribution < 1.29 is 14.3 Å². The average Bonchev–Trinajstić information content (AvgIpc) is 3.31. The molecule has 27 heavy (non-hydrogen) atoms. The van der Waals surface area contributed by atoms with Crippen LogP contribution in [0.5, 0.6) is 11.5 Å². The molecule has 0 saturated heterocycles. The largest absolute Gasteiger partial charge is 0.454 e. The van der Waals surface area contributed by atoms with Gasteiger partial charge in [-0.25, -0.2) is 0 Å². The first-order valence-electron chi connectivity index (χ1n) is 9.14. The van der Waals surface area contributed by atoms with E-state index in [0.29, 0.717) is 23.2 Å². The molecule has 1 atom stereocenters. The SMILES string of the molecule is CC(Sc1nnc(NC2CCCCC2)s1)C(=O)Nc1ccc2c(c1)OCO2. The molecule has 1 unspecified atom stereocenters. The maximum Gasteiger partial charge on any atom is 0.237 e. The number of nitrogens with zero attached hydrogens (tertiary/aromatic N) is 2. The number of carbonyl (C=O) groups is 1. The predicted molar refractivity (Wildman–Crippen MR) is 107 cm³/mol. The number of aromatic nitrogens is 2. The van der Waals surface area contributed by atoms with Crippen molar-refractivity contribution in [2.45, 2.75) is 54.7 Å². The molecule has 1 aromatic carbocycles. The molecule has 0 spiro atoms. The first-order valence-corrected chi connectivity index (χ1v) is 10.8. The van der Waals surface area contributed by atoms with E-state index in [9.17, 15) is 4.79 Å². The van der Waals surface area contributed by atoms with Gasteiger partial charge >= 0.3 is 0 Å². The second-order valence-corrected chi connectivity index (χ2v) is 9.24. The molecule has 2 aliphatic rings. The van der Waals surface area contributed by atoms with Crippen LogP contribution in [0.3, 0.4) is 0 Å². The van der Waals surface area contributed by atoms with Crippen LogP contribution in [0.15, 0.2) is 22.5 Å². The molecule has 0 bridgehead atoms. The topological polar surface area (TPSA) is 85.4 Å². The van der Waals surface area contributed by atoms with E-state index in [1.165, 1.54) is 55.2 Å². The molecule has 1 saturated carbocycles. The number of benzene rings is 1. The highest BCUT2D eigenvalue weighted by atomic mass is 32.2. The molecular weight excluding hydrogens is 384 g/mol. The summed E-state index contributed by atoms with van der Waals surface area (Å²) in [4.78, 5) is 12.5. The smallest absolute Gasteiger partial charge is 0.237 e. The minimum atomic E-state index is -0.286. The zero-order chi connectivity index (χ0) is 18.6. The summed E-state index contributed by atoms with van der Waals surface area (Å²) in [5, 5.41) is 15.4. The first kappa shape index (κ1) is 18.4. The van der Waals surface area contributed by atoms with E-state index in [0.717, 1.165) is 9.47 Å². The molecule has 2 N–H and O–H groups in total. The van der Waals surface area contributed by atoms with Crippen LogP contribution in [0.1, 0.15) is 39.0 Å². The van der Waals surface area contributed by atoms with Crippen molar-refractivity contribution in [1.82, 2.24) is 10.2 Å². The fourth-order valence-electron chi connectivity index (χ4n) is 3.16. The lowest BCUT2D eigenvalue weighted by Crippen LogP contribution is -2.22. The highest BCUT2D eigenvalue weighted by molar-refractivity contribution is 8.02. The molecular formula is C18H22N4O3S2. The van der Waals surface area contributed by atoms with Gasteiger partial charge in [0, 0.05) is 17.8 Å². The van der Waals surface area contributed by atoms with Crippen LogP contribution in [0, 0.1) is 0 Å². The summed E-state index contributed by atoms with van der Waals surface area (Å²) in [5.74, 6) is 1.26. The van der Waals surface area contributed by atoms with Gasteiger partial charge in [0.25, 0.3) is 0 Å². The zero-order valence-electron chi connectivity index (χ0n) is 15.1. The third kappa shape index (κ3) is 4.65. The van der Waals surface area contributed by atoms with Gasteiger partial charge in [0.05, 0.1) is 5.25 Å². The summed E-state index contributed by atoms with van der Waals surface area (Å²) >= 11 is 2.92. The molecule has 4 rings (SSSR count). The number of anilines is 2. The Balaban J connectivity index is 1.30. The molecule has 1 aliphatic heterocycles. The van der Waals surface area contributed by atoms with Crippen molar-refractivity contribution in [3.05, 3.63) is 18.2 Å². The number of fused-ring (bicyclic) bond motifs is 1. The number of rotatable bonds is 6. The van der Waals surface area contributed by atoms with Crippen LogP contribution >= 0.6 is 23.1 Å². The molecule has 7 nitrogen and oxygen atoms in total. The van der Waals surface area contributed by atoms with E-state index < -0.39 is 0 Å². The van der Waals surface area contributed by atoms with E-state index in [-0.39, 0.29) is 18.0 Å². The van der Waals surface area contributed by atoms with Gasteiger partial charge in [0.2, 0.25) is 17.8 Å². The summed E-state index contributed by atoms with van der Waals surface area (Å²) in [7, 11) is 0. The summed E-state index contributed by atoms with van der Waals surface area (Å²) in [5.41, 5.74) is 0.689. The molecule has 1 aromatic heterocycles. The third-order valence-corrected chi connectivity index (χ3v) is 6.66. The lowest BCUT2D eigenvalue weighted by atomic mass is 9.96. The van der Waals surface area contributed by atoms with Crippen molar-refractivity contribution in [2.75, 3.05) is 17.4 Å². The normalized spacial score (nSPS) is 17.5. The molecule has 0 radical (unpaired) electrons. The van der Waals surface area contributed by atoms with Gasteiger partial charge < -0.3 is 20.1 Å². The Morgan fingerprint density at radius 2 is 2.04 bits per heavy atom. The fraction of sp³-hybridized carbons (Fsp3) is 0.500. The monoisotopic (exact) mass is 406 g/mol.